The monoisotopic (exact) mass is 549 g/mol. The number of carbonyl (C=O) groups is 1. The predicted octanol–water partition coefficient (Wildman–Crippen LogP) is 2.81. The molecule has 1 amide bonds. The number of rotatable bonds is 6. The Hall–Kier alpha value is -1.13. The fraction of sp³-hybridized carbons (Fsp3) is 0.619. The maximum Gasteiger partial charge on any atom is 0.234 e. The first-order chi connectivity index (χ1) is 14.0. The summed E-state index contributed by atoms with van der Waals surface area (Å²) in [4.78, 5) is 21.1. The Balaban J connectivity index is 0.00000256. The Morgan fingerprint density at radius 1 is 1.23 bits per heavy atom. The highest BCUT2D eigenvalue weighted by Crippen LogP contribution is 2.45. The summed E-state index contributed by atoms with van der Waals surface area (Å²) in [5.74, 6) is 0.843. The van der Waals surface area contributed by atoms with Crippen molar-refractivity contribution < 1.29 is 9.18 Å². The van der Waals surface area contributed by atoms with Crippen molar-refractivity contribution in [2.24, 2.45) is 4.99 Å². The minimum absolute atomic E-state index is 0. The smallest absolute Gasteiger partial charge is 0.234 e. The Kier molecular flexibility index (Phi) is 8.20. The molecule has 2 unspecified atom stereocenters. The zero-order valence-electron chi connectivity index (χ0n) is 17.2. The van der Waals surface area contributed by atoms with E-state index in [1.54, 1.807) is 12.1 Å². The predicted molar refractivity (Wildman–Crippen MR) is 128 cm³/mol. The van der Waals surface area contributed by atoms with E-state index >= 15 is 0 Å². The van der Waals surface area contributed by atoms with Crippen molar-refractivity contribution in [3.63, 3.8) is 0 Å². The molecule has 30 heavy (non-hydrogen) atoms. The molecule has 3 aliphatic rings. The molecule has 6 nitrogen and oxygen atoms in total. The van der Waals surface area contributed by atoms with Gasteiger partial charge in [-0.2, -0.15) is 0 Å². The van der Waals surface area contributed by atoms with E-state index in [1.807, 2.05) is 6.92 Å². The first-order valence-corrected chi connectivity index (χ1v) is 10.9. The van der Waals surface area contributed by atoms with E-state index in [4.69, 9.17) is 11.6 Å². The molecule has 0 bridgehead atoms. The number of aliphatic imine (C=N–C) groups is 1. The highest BCUT2D eigenvalue weighted by molar-refractivity contribution is 14.0. The number of nitrogens with zero attached hydrogens (tertiary/aromatic N) is 3. The molecule has 2 N–H and O–H groups in total. The van der Waals surface area contributed by atoms with Gasteiger partial charge in [-0.25, -0.2) is 4.39 Å². The van der Waals surface area contributed by atoms with Gasteiger partial charge in [0.2, 0.25) is 5.91 Å². The molecule has 0 aromatic heterocycles. The number of benzene rings is 1. The number of guanidine groups is 1. The van der Waals surface area contributed by atoms with E-state index in [0.717, 1.165) is 51.4 Å². The van der Waals surface area contributed by atoms with Crippen molar-refractivity contribution >= 4 is 47.4 Å². The van der Waals surface area contributed by atoms with Crippen LogP contribution < -0.4 is 10.6 Å². The summed E-state index contributed by atoms with van der Waals surface area (Å²) < 4.78 is 14.2. The molecule has 1 aromatic rings. The molecule has 0 spiro atoms. The SMILES string of the molecule is CCN=C(NC1CC1c1c(F)cccc1Cl)N1CCN(CC(=O)NC2CC2)CC1.I. The Morgan fingerprint density at radius 2 is 1.97 bits per heavy atom. The fourth-order valence-electron chi connectivity index (χ4n) is 3.91. The van der Waals surface area contributed by atoms with Gasteiger partial charge in [-0.05, 0) is 38.3 Å². The van der Waals surface area contributed by atoms with Gasteiger partial charge in [0.25, 0.3) is 0 Å². The molecule has 3 fully saturated rings. The number of carbonyl (C=O) groups excluding carboxylic acids is 1. The lowest BCUT2D eigenvalue weighted by Gasteiger charge is -2.36. The first-order valence-electron chi connectivity index (χ1n) is 10.6. The molecule has 1 heterocycles. The van der Waals surface area contributed by atoms with Gasteiger partial charge in [0, 0.05) is 61.3 Å². The van der Waals surface area contributed by atoms with Crippen molar-refractivity contribution in [1.82, 2.24) is 20.4 Å². The standard InChI is InChI=1S/C21H29ClFN5O.HI/c1-2-24-21(26-18-12-15(18)20-16(22)4-3-5-17(20)23)28-10-8-27(9-11-28)13-19(29)25-14-6-7-14;/h3-5,14-15,18H,2,6-13H2,1H3,(H,24,26)(H,25,29);1H. The van der Waals surface area contributed by atoms with Crippen LogP contribution in [-0.4, -0.2) is 73.0 Å². The summed E-state index contributed by atoms with van der Waals surface area (Å²) in [6, 6.07) is 5.41. The average Bonchev–Trinajstić information content (AvgIpc) is 3.60. The molecular weight excluding hydrogens is 520 g/mol. The van der Waals surface area contributed by atoms with Crippen molar-refractivity contribution in [2.45, 2.75) is 44.2 Å². The molecular formula is C21H30ClFIN5O. The Labute approximate surface area is 199 Å². The van der Waals surface area contributed by atoms with Gasteiger partial charge in [0.15, 0.2) is 5.96 Å². The largest absolute Gasteiger partial charge is 0.353 e. The van der Waals surface area contributed by atoms with Crippen molar-refractivity contribution in [2.75, 3.05) is 39.3 Å². The minimum Gasteiger partial charge on any atom is -0.353 e. The van der Waals surface area contributed by atoms with Gasteiger partial charge in [-0.1, -0.05) is 17.7 Å². The third kappa shape index (κ3) is 5.97. The topological polar surface area (TPSA) is 60.0 Å². The van der Waals surface area contributed by atoms with E-state index in [2.05, 4.69) is 25.4 Å². The maximum atomic E-state index is 14.2. The van der Waals surface area contributed by atoms with E-state index < -0.39 is 0 Å². The number of amides is 1. The zero-order valence-corrected chi connectivity index (χ0v) is 20.3. The zero-order chi connectivity index (χ0) is 20.4. The van der Waals surface area contributed by atoms with Crippen LogP contribution in [0.2, 0.25) is 5.02 Å². The number of hydrogen-bond acceptors (Lipinski definition) is 3. The number of piperazine rings is 1. The summed E-state index contributed by atoms with van der Waals surface area (Å²) in [6.45, 7) is 6.46. The summed E-state index contributed by atoms with van der Waals surface area (Å²) in [5, 5.41) is 7.05. The second-order valence-corrected chi connectivity index (χ2v) is 8.54. The van der Waals surface area contributed by atoms with E-state index in [1.165, 1.54) is 6.07 Å². The summed E-state index contributed by atoms with van der Waals surface area (Å²) >= 11 is 6.22. The van der Waals surface area contributed by atoms with Crippen LogP contribution in [0.25, 0.3) is 0 Å². The van der Waals surface area contributed by atoms with Gasteiger partial charge in [0.05, 0.1) is 6.54 Å². The molecule has 0 radical (unpaired) electrons. The van der Waals surface area contributed by atoms with Gasteiger partial charge < -0.3 is 15.5 Å². The highest BCUT2D eigenvalue weighted by atomic mass is 127. The van der Waals surface area contributed by atoms with Crippen molar-refractivity contribution in [3.8, 4) is 0 Å². The van der Waals surface area contributed by atoms with Crippen LogP contribution in [-0.2, 0) is 4.79 Å². The molecule has 1 saturated heterocycles. The quantitative estimate of drug-likeness (QED) is 0.326. The van der Waals surface area contributed by atoms with Gasteiger partial charge >= 0.3 is 0 Å². The lowest BCUT2D eigenvalue weighted by atomic mass is 10.1. The van der Waals surface area contributed by atoms with Crippen LogP contribution in [0.5, 0.6) is 0 Å². The van der Waals surface area contributed by atoms with E-state index in [0.29, 0.717) is 29.7 Å². The van der Waals surface area contributed by atoms with Crippen LogP contribution in [0, 0.1) is 5.82 Å². The second-order valence-electron chi connectivity index (χ2n) is 8.13. The lowest BCUT2D eigenvalue weighted by molar-refractivity contribution is -0.122. The number of nitrogens with one attached hydrogen (secondary N) is 2. The maximum absolute atomic E-state index is 14.2. The molecule has 1 aromatic carbocycles. The number of hydrogen-bond donors (Lipinski definition) is 2. The number of halogens is 3. The highest BCUT2D eigenvalue weighted by Gasteiger charge is 2.42. The summed E-state index contributed by atoms with van der Waals surface area (Å²) in [7, 11) is 0. The molecule has 9 heteroatoms. The van der Waals surface area contributed by atoms with E-state index in [9.17, 15) is 9.18 Å². The van der Waals surface area contributed by atoms with Crippen LogP contribution in [0.4, 0.5) is 4.39 Å². The molecule has 2 atom stereocenters. The molecule has 4 rings (SSSR count). The third-order valence-corrected chi connectivity index (χ3v) is 6.09. The molecule has 1 aliphatic heterocycles. The first kappa shape index (κ1) is 23.5. The molecule has 2 aliphatic carbocycles. The van der Waals surface area contributed by atoms with Gasteiger partial charge in [0.1, 0.15) is 5.82 Å². The van der Waals surface area contributed by atoms with Gasteiger partial charge in [-0.3, -0.25) is 14.7 Å². The van der Waals surface area contributed by atoms with Crippen molar-refractivity contribution in [1.29, 1.82) is 0 Å². The van der Waals surface area contributed by atoms with Crippen LogP contribution in [0.15, 0.2) is 23.2 Å². The third-order valence-electron chi connectivity index (χ3n) is 5.76. The summed E-state index contributed by atoms with van der Waals surface area (Å²) in [6.07, 6.45) is 3.08. The lowest BCUT2D eigenvalue weighted by Crippen LogP contribution is -2.54. The van der Waals surface area contributed by atoms with E-state index in [-0.39, 0.29) is 47.7 Å². The minimum atomic E-state index is -0.237. The normalized spacial score (nSPS) is 24.2. The fourth-order valence-corrected chi connectivity index (χ4v) is 4.22. The van der Waals surface area contributed by atoms with Crippen LogP contribution >= 0.6 is 35.6 Å². The van der Waals surface area contributed by atoms with Gasteiger partial charge in [-0.15, -0.1) is 24.0 Å². The summed E-state index contributed by atoms with van der Waals surface area (Å²) in [5.41, 5.74) is 0.606. The van der Waals surface area contributed by atoms with Crippen LogP contribution in [0.1, 0.15) is 37.7 Å². The van der Waals surface area contributed by atoms with Crippen LogP contribution in [0.3, 0.4) is 0 Å². The Bertz CT molecular complexity index is 762. The average molecular weight is 550 g/mol. The molecule has 166 valence electrons. The second kappa shape index (κ2) is 10.5. The molecule has 2 saturated carbocycles. The van der Waals surface area contributed by atoms with Crippen molar-refractivity contribution in [3.05, 3.63) is 34.6 Å². The Morgan fingerprint density at radius 3 is 2.60 bits per heavy atom.